The molecule has 0 saturated heterocycles. The fraction of sp³-hybridized carbons (Fsp3) is 0.188. The highest BCUT2D eigenvalue weighted by Crippen LogP contribution is 2.28. The first-order chi connectivity index (χ1) is 9.65. The number of nitrogens with two attached hydrogens (primary N) is 1. The number of imidazole rings is 1. The maximum absolute atomic E-state index is 5.78. The number of nitrogens with zero attached hydrogens (tertiary/aromatic N) is 2. The van der Waals surface area contributed by atoms with Gasteiger partial charge in [0.25, 0.3) is 0 Å². The van der Waals surface area contributed by atoms with Crippen LogP contribution in [0.4, 0.5) is 5.69 Å². The summed E-state index contributed by atoms with van der Waals surface area (Å²) in [6.07, 6.45) is 1.72. The van der Waals surface area contributed by atoms with E-state index in [0.29, 0.717) is 0 Å². The van der Waals surface area contributed by atoms with Gasteiger partial charge in [-0.1, -0.05) is 18.2 Å². The minimum atomic E-state index is 0.198. The van der Waals surface area contributed by atoms with E-state index in [1.165, 1.54) is 11.1 Å². The number of aromatic amines is 1. The molecule has 4 heteroatoms. The Morgan fingerprint density at radius 3 is 2.45 bits per heavy atom. The summed E-state index contributed by atoms with van der Waals surface area (Å²) in [5, 5.41) is 0. The number of rotatable bonds is 3. The van der Waals surface area contributed by atoms with Gasteiger partial charge in [0.2, 0.25) is 0 Å². The van der Waals surface area contributed by atoms with Crippen LogP contribution in [0.2, 0.25) is 0 Å². The molecule has 3 aromatic rings. The number of fused-ring (bicyclic) bond motifs is 1. The van der Waals surface area contributed by atoms with E-state index < -0.39 is 0 Å². The molecule has 0 saturated carbocycles. The smallest absolute Gasteiger partial charge is 0.0931 e. The van der Waals surface area contributed by atoms with Gasteiger partial charge >= 0.3 is 0 Å². The van der Waals surface area contributed by atoms with E-state index >= 15 is 0 Å². The zero-order valence-corrected chi connectivity index (χ0v) is 11.7. The Morgan fingerprint density at radius 1 is 1.05 bits per heavy atom. The van der Waals surface area contributed by atoms with E-state index in [1.54, 1.807) is 6.33 Å². The van der Waals surface area contributed by atoms with Gasteiger partial charge in [-0.2, -0.15) is 0 Å². The van der Waals surface area contributed by atoms with Gasteiger partial charge in [-0.25, -0.2) is 4.98 Å². The van der Waals surface area contributed by atoms with Crippen molar-refractivity contribution in [2.75, 3.05) is 19.8 Å². The predicted octanol–water partition coefficient (Wildman–Crippen LogP) is 2.80. The molecule has 2 aromatic carbocycles. The molecule has 0 bridgehead atoms. The Bertz CT molecular complexity index is 713. The molecule has 0 radical (unpaired) electrons. The number of hydrogen-bond acceptors (Lipinski definition) is 3. The van der Waals surface area contributed by atoms with Crippen molar-refractivity contribution >= 4 is 16.7 Å². The molecule has 20 heavy (non-hydrogen) atoms. The van der Waals surface area contributed by atoms with E-state index in [1.807, 2.05) is 12.1 Å². The van der Waals surface area contributed by atoms with Crippen LogP contribution in [0.1, 0.15) is 17.2 Å². The molecular weight excluding hydrogens is 248 g/mol. The second-order valence-corrected chi connectivity index (χ2v) is 5.21. The lowest BCUT2D eigenvalue weighted by molar-refractivity contribution is 0.342. The maximum Gasteiger partial charge on any atom is 0.0931 e. The Kier molecular flexibility index (Phi) is 3.16. The highest BCUT2D eigenvalue weighted by Gasteiger charge is 2.17. The topological polar surface area (TPSA) is 57.9 Å². The highest BCUT2D eigenvalue weighted by atomic mass is 15.1. The molecule has 1 heterocycles. The minimum absolute atomic E-state index is 0.198. The molecule has 102 valence electrons. The number of hydrogen-bond donors (Lipinski definition) is 2. The van der Waals surface area contributed by atoms with E-state index in [0.717, 1.165) is 16.7 Å². The van der Waals surface area contributed by atoms with Crippen LogP contribution >= 0.6 is 0 Å². The number of nitrogens with one attached hydrogen (secondary N) is 1. The molecule has 4 nitrogen and oxygen atoms in total. The average Bonchev–Trinajstić information content (AvgIpc) is 2.88. The fourth-order valence-electron chi connectivity index (χ4n) is 2.59. The van der Waals surface area contributed by atoms with Crippen molar-refractivity contribution in [3.05, 3.63) is 59.9 Å². The first-order valence-corrected chi connectivity index (χ1v) is 6.60. The van der Waals surface area contributed by atoms with Gasteiger partial charge in [-0.15, -0.1) is 0 Å². The number of H-pyrrole nitrogens is 1. The Balaban J connectivity index is 2.07. The number of nitrogen functional groups attached to an aromatic ring is 1. The lowest BCUT2D eigenvalue weighted by Crippen LogP contribution is -2.21. The molecule has 0 aliphatic rings. The van der Waals surface area contributed by atoms with Crippen molar-refractivity contribution in [3.63, 3.8) is 0 Å². The third kappa shape index (κ3) is 2.26. The van der Waals surface area contributed by atoms with Crippen molar-refractivity contribution in [1.29, 1.82) is 0 Å². The molecule has 0 fully saturated rings. The van der Waals surface area contributed by atoms with Gasteiger partial charge in [-0.05, 0) is 49.5 Å². The first-order valence-electron chi connectivity index (χ1n) is 6.60. The standard InChI is InChI=1S/C16H18N4/c1-20(2)16(11-3-6-13(17)7-4-11)12-5-8-14-15(9-12)19-10-18-14/h3-10,16H,17H2,1-2H3,(H,18,19). The summed E-state index contributed by atoms with van der Waals surface area (Å²) < 4.78 is 0. The minimum Gasteiger partial charge on any atom is -0.399 e. The fourth-order valence-corrected chi connectivity index (χ4v) is 2.59. The van der Waals surface area contributed by atoms with Crippen LogP contribution < -0.4 is 5.73 Å². The lowest BCUT2D eigenvalue weighted by atomic mass is 9.97. The number of aromatic nitrogens is 2. The molecule has 0 aliphatic heterocycles. The van der Waals surface area contributed by atoms with Crippen molar-refractivity contribution in [1.82, 2.24) is 14.9 Å². The molecule has 1 aromatic heterocycles. The van der Waals surface area contributed by atoms with Gasteiger partial charge in [0.05, 0.1) is 23.4 Å². The predicted molar refractivity (Wildman–Crippen MR) is 82.5 cm³/mol. The van der Waals surface area contributed by atoms with E-state index in [4.69, 9.17) is 5.73 Å². The molecule has 3 rings (SSSR count). The normalized spacial score (nSPS) is 12.9. The quantitative estimate of drug-likeness (QED) is 0.717. The van der Waals surface area contributed by atoms with Crippen molar-refractivity contribution in [3.8, 4) is 0 Å². The number of anilines is 1. The van der Waals surface area contributed by atoms with Crippen molar-refractivity contribution < 1.29 is 0 Å². The van der Waals surface area contributed by atoms with Crippen LogP contribution in [-0.4, -0.2) is 29.0 Å². The van der Waals surface area contributed by atoms with Gasteiger partial charge < -0.3 is 10.7 Å². The highest BCUT2D eigenvalue weighted by molar-refractivity contribution is 5.75. The summed E-state index contributed by atoms with van der Waals surface area (Å²) in [6.45, 7) is 0. The summed E-state index contributed by atoms with van der Waals surface area (Å²) in [5.74, 6) is 0. The SMILES string of the molecule is CN(C)C(c1ccc(N)cc1)c1ccc2nc[nH]c2c1. The molecule has 0 aliphatic carbocycles. The Morgan fingerprint density at radius 2 is 1.75 bits per heavy atom. The molecule has 0 spiro atoms. The molecule has 3 N–H and O–H groups in total. The van der Waals surface area contributed by atoms with Crippen LogP contribution in [0, 0.1) is 0 Å². The van der Waals surface area contributed by atoms with Crippen LogP contribution in [0.15, 0.2) is 48.8 Å². The van der Waals surface area contributed by atoms with Gasteiger partial charge in [0.1, 0.15) is 0 Å². The summed E-state index contributed by atoms with van der Waals surface area (Å²) in [4.78, 5) is 9.62. The van der Waals surface area contributed by atoms with Gasteiger partial charge in [0.15, 0.2) is 0 Å². The van der Waals surface area contributed by atoms with E-state index in [9.17, 15) is 0 Å². The van der Waals surface area contributed by atoms with Crippen molar-refractivity contribution in [2.24, 2.45) is 0 Å². The summed E-state index contributed by atoms with van der Waals surface area (Å²) in [7, 11) is 4.16. The third-order valence-corrected chi connectivity index (χ3v) is 3.53. The molecule has 1 atom stereocenters. The average molecular weight is 266 g/mol. The van der Waals surface area contributed by atoms with Crippen LogP contribution in [0.5, 0.6) is 0 Å². The van der Waals surface area contributed by atoms with Crippen LogP contribution in [-0.2, 0) is 0 Å². The van der Waals surface area contributed by atoms with E-state index in [-0.39, 0.29) is 6.04 Å². The first kappa shape index (κ1) is 12.7. The molecule has 1 unspecified atom stereocenters. The summed E-state index contributed by atoms with van der Waals surface area (Å²) >= 11 is 0. The monoisotopic (exact) mass is 266 g/mol. The maximum atomic E-state index is 5.78. The Labute approximate surface area is 118 Å². The zero-order valence-electron chi connectivity index (χ0n) is 11.7. The Hall–Kier alpha value is -2.33. The van der Waals surface area contributed by atoms with Gasteiger partial charge in [0, 0.05) is 5.69 Å². The molecule has 0 amide bonds. The van der Waals surface area contributed by atoms with Crippen LogP contribution in [0.3, 0.4) is 0 Å². The summed E-state index contributed by atoms with van der Waals surface area (Å²) in [5.41, 5.74) is 11.1. The second-order valence-electron chi connectivity index (χ2n) is 5.21. The van der Waals surface area contributed by atoms with E-state index in [2.05, 4.69) is 59.3 Å². The second kappa shape index (κ2) is 4.98. The number of benzene rings is 2. The zero-order chi connectivity index (χ0) is 14.1. The third-order valence-electron chi connectivity index (χ3n) is 3.53. The summed E-state index contributed by atoms with van der Waals surface area (Å²) in [6, 6.07) is 14.6. The lowest BCUT2D eigenvalue weighted by Gasteiger charge is -2.25. The molecular formula is C16H18N4. The van der Waals surface area contributed by atoms with Crippen LogP contribution in [0.25, 0.3) is 11.0 Å². The van der Waals surface area contributed by atoms with Crippen molar-refractivity contribution in [2.45, 2.75) is 6.04 Å². The largest absolute Gasteiger partial charge is 0.399 e. The van der Waals surface area contributed by atoms with Gasteiger partial charge in [-0.3, -0.25) is 4.90 Å².